The summed E-state index contributed by atoms with van der Waals surface area (Å²) in [6, 6.07) is 10.8. The van der Waals surface area contributed by atoms with Gasteiger partial charge in [-0.05, 0) is 29.7 Å². The van der Waals surface area contributed by atoms with Gasteiger partial charge in [-0.15, -0.1) is 0 Å². The standard InChI is InChI=1S/C15H22S/c1-4-12-10-14(2,3)15(16,11-12)13-8-6-5-7-9-13/h5-9,12,16H,4,10-11H2,1-3H3. The van der Waals surface area contributed by atoms with Crippen molar-refractivity contribution in [1.82, 2.24) is 0 Å². The van der Waals surface area contributed by atoms with Crippen molar-refractivity contribution in [2.45, 2.75) is 44.8 Å². The lowest BCUT2D eigenvalue weighted by molar-refractivity contribution is 0.297. The molecule has 2 atom stereocenters. The first-order valence-corrected chi connectivity index (χ1v) is 6.72. The Morgan fingerprint density at radius 2 is 1.81 bits per heavy atom. The van der Waals surface area contributed by atoms with Crippen molar-refractivity contribution in [3.8, 4) is 0 Å². The molecule has 0 heterocycles. The van der Waals surface area contributed by atoms with Crippen LogP contribution in [0.5, 0.6) is 0 Å². The molecule has 1 aromatic carbocycles. The predicted molar refractivity (Wildman–Crippen MR) is 73.9 cm³/mol. The molecule has 0 spiro atoms. The number of hydrogen-bond acceptors (Lipinski definition) is 1. The highest BCUT2D eigenvalue weighted by Crippen LogP contribution is 2.59. The summed E-state index contributed by atoms with van der Waals surface area (Å²) >= 11 is 5.06. The van der Waals surface area contributed by atoms with Gasteiger partial charge in [0.1, 0.15) is 0 Å². The topological polar surface area (TPSA) is 0 Å². The van der Waals surface area contributed by atoms with Crippen molar-refractivity contribution in [3.05, 3.63) is 35.9 Å². The minimum Gasteiger partial charge on any atom is -0.167 e. The summed E-state index contributed by atoms with van der Waals surface area (Å²) in [4.78, 5) is 0. The van der Waals surface area contributed by atoms with Gasteiger partial charge in [-0.25, -0.2) is 0 Å². The van der Waals surface area contributed by atoms with Gasteiger partial charge >= 0.3 is 0 Å². The van der Waals surface area contributed by atoms with Crippen LogP contribution in [0.4, 0.5) is 0 Å². The highest BCUT2D eigenvalue weighted by Gasteiger charge is 2.50. The van der Waals surface area contributed by atoms with E-state index < -0.39 is 0 Å². The van der Waals surface area contributed by atoms with Gasteiger partial charge < -0.3 is 0 Å². The van der Waals surface area contributed by atoms with Crippen LogP contribution in [0.1, 0.15) is 45.6 Å². The van der Waals surface area contributed by atoms with Crippen LogP contribution in [-0.4, -0.2) is 0 Å². The van der Waals surface area contributed by atoms with Crippen molar-refractivity contribution >= 4 is 12.6 Å². The van der Waals surface area contributed by atoms with Crippen LogP contribution in [-0.2, 0) is 4.75 Å². The molecule has 0 aliphatic heterocycles. The fraction of sp³-hybridized carbons (Fsp3) is 0.600. The lowest BCUT2D eigenvalue weighted by Gasteiger charge is -2.38. The Hall–Kier alpha value is -0.430. The van der Waals surface area contributed by atoms with Gasteiger partial charge in [-0.1, -0.05) is 57.5 Å². The van der Waals surface area contributed by atoms with Crippen molar-refractivity contribution < 1.29 is 0 Å². The van der Waals surface area contributed by atoms with Gasteiger partial charge in [0, 0.05) is 4.75 Å². The SMILES string of the molecule is CCC1CC(C)(C)C(S)(c2ccccc2)C1. The van der Waals surface area contributed by atoms with Crippen LogP contribution in [0.15, 0.2) is 30.3 Å². The van der Waals surface area contributed by atoms with Gasteiger partial charge in [0.25, 0.3) is 0 Å². The first-order chi connectivity index (χ1) is 7.49. The van der Waals surface area contributed by atoms with Gasteiger partial charge in [-0.3, -0.25) is 0 Å². The molecule has 2 unspecified atom stereocenters. The first kappa shape index (κ1) is 12.0. The molecule has 0 amide bonds. The van der Waals surface area contributed by atoms with E-state index in [9.17, 15) is 0 Å². The van der Waals surface area contributed by atoms with E-state index in [1.54, 1.807) is 0 Å². The van der Waals surface area contributed by atoms with Gasteiger partial charge in [-0.2, -0.15) is 12.6 Å². The van der Waals surface area contributed by atoms with E-state index in [1.165, 1.54) is 24.8 Å². The molecule has 88 valence electrons. The van der Waals surface area contributed by atoms with E-state index in [2.05, 4.69) is 51.1 Å². The zero-order valence-corrected chi connectivity index (χ0v) is 11.4. The molecule has 0 aromatic heterocycles. The summed E-state index contributed by atoms with van der Waals surface area (Å²) in [5, 5.41) is 0. The first-order valence-electron chi connectivity index (χ1n) is 6.27. The summed E-state index contributed by atoms with van der Waals surface area (Å²) in [5.41, 5.74) is 1.68. The minimum atomic E-state index is 0.0505. The zero-order chi connectivity index (χ0) is 11.8. The average molecular weight is 234 g/mol. The maximum Gasteiger partial charge on any atom is 0.0431 e. The quantitative estimate of drug-likeness (QED) is 0.707. The smallest absolute Gasteiger partial charge is 0.0431 e. The molecule has 1 aliphatic carbocycles. The highest BCUT2D eigenvalue weighted by molar-refractivity contribution is 7.81. The predicted octanol–water partition coefficient (Wildman–Crippen LogP) is 4.66. The van der Waals surface area contributed by atoms with Crippen LogP contribution in [0.3, 0.4) is 0 Å². The Morgan fingerprint density at radius 3 is 2.31 bits per heavy atom. The zero-order valence-electron chi connectivity index (χ0n) is 10.5. The molecule has 0 bridgehead atoms. The minimum absolute atomic E-state index is 0.0505. The van der Waals surface area contributed by atoms with Crippen molar-refractivity contribution in [3.63, 3.8) is 0 Å². The summed E-state index contributed by atoms with van der Waals surface area (Å²) in [7, 11) is 0. The maximum absolute atomic E-state index is 5.06. The monoisotopic (exact) mass is 234 g/mol. The van der Waals surface area contributed by atoms with Crippen molar-refractivity contribution in [1.29, 1.82) is 0 Å². The Bertz CT molecular complexity index is 355. The molecule has 0 N–H and O–H groups in total. The van der Waals surface area contributed by atoms with Crippen LogP contribution in [0, 0.1) is 11.3 Å². The average Bonchev–Trinajstić information content (AvgIpc) is 2.52. The van der Waals surface area contributed by atoms with Gasteiger partial charge in [0.15, 0.2) is 0 Å². The molecule has 0 saturated heterocycles. The number of rotatable bonds is 2. The highest BCUT2D eigenvalue weighted by atomic mass is 32.1. The van der Waals surface area contributed by atoms with Crippen molar-refractivity contribution in [2.75, 3.05) is 0 Å². The van der Waals surface area contributed by atoms with Crippen LogP contribution < -0.4 is 0 Å². The number of thiol groups is 1. The molecule has 2 rings (SSSR count). The number of benzene rings is 1. The summed E-state index contributed by atoms with van der Waals surface area (Å²) in [6.07, 6.45) is 3.78. The Kier molecular flexibility index (Phi) is 3.09. The van der Waals surface area contributed by atoms with E-state index in [0.29, 0.717) is 0 Å². The molecule has 16 heavy (non-hydrogen) atoms. The van der Waals surface area contributed by atoms with Crippen LogP contribution in [0.25, 0.3) is 0 Å². The van der Waals surface area contributed by atoms with E-state index >= 15 is 0 Å². The fourth-order valence-corrected chi connectivity index (χ4v) is 3.67. The van der Waals surface area contributed by atoms with Gasteiger partial charge in [0.2, 0.25) is 0 Å². The van der Waals surface area contributed by atoms with Gasteiger partial charge in [0.05, 0.1) is 0 Å². The normalized spacial score (nSPS) is 32.9. The third-order valence-corrected chi connectivity index (χ3v) is 5.38. The summed E-state index contributed by atoms with van der Waals surface area (Å²) < 4.78 is 0.0505. The van der Waals surface area contributed by atoms with Crippen LogP contribution in [0.2, 0.25) is 0 Å². The molecule has 1 aromatic rings. The molecule has 1 heteroatoms. The Morgan fingerprint density at radius 1 is 1.19 bits per heavy atom. The largest absolute Gasteiger partial charge is 0.167 e. The fourth-order valence-electron chi connectivity index (χ4n) is 3.17. The Balaban J connectivity index is 2.38. The number of hydrogen-bond donors (Lipinski definition) is 1. The molecular weight excluding hydrogens is 212 g/mol. The molecule has 1 fully saturated rings. The van der Waals surface area contributed by atoms with Crippen LogP contribution >= 0.6 is 12.6 Å². The second kappa shape index (κ2) is 4.10. The lowest BCUT2D eigenvalue weighted by atomic mass is 9.77. The van der Waals surface area contributed by atoms with Crippen molar-refractivity contribution in [2.24, 2.45) is 11.3 Å². The maximum atomic E-state index is 5.06. The van der Waals surface area contributed by atoms with E-state index in [4.69, 9.17) is 12.6 Å². The van der Waals surface area contributed by atoms with E-state index in [0.717, 1.165) is 5.92 Å². The third kappa shape index (κ3) is 1.79. The molecule has 1 aliphatic rings. The summed E-state index contributed by atoms with van der Waals surface area (Å²) in [5.74, 6) is 0.827. The summed E-state index contributed by atoms with van der Waals surface area (Å²) in [6.45, 7) is 7.02. The Labute approximate surface area is 105 Å². The second-order valence-electron chi connectivity index (χ2n) is 5.79. The molecule has 0 nitrogen and oxygen atoms in total. The van der Waals surface area contributed by atoms with E-state index in [1.807, 2.05) is 0 Å². The lowest BCUT2D eigenvalue weighted by Crippen LogP contribution is -2.31. The molecule has 1 saturated carbocycles. The van der Waals surface area contributed by atoms with E-state index in [-0.39, 0.29) is 10.2 Å². The molecule has 0 radical (unpaired) electrons. The third-order valence-electron chi connectivity index (χ3n) is 4.33. The second-order valence-corrected chi connectivity index (χ2v) is 6.56. The molecular formula is C15H22S.